The van der Waals surface area contributed by atoms with Crippen molar-refractivity contribution in [3.63, 3.8) is 0 Å². The normalized spacial score (nSPS) is 14.6. The number of aromatic nitrogens is 2. The zero-order chi connectivity index (χ0) is 27.8. The third kappa shape index (κ3) is 6.00. The number of hydrogen-bond acceptors (Lipinski definition) is 4. The van der Waals surface area contributed by atoms with Crippen LogP contribution in [0, 0.1) is 20.8 Å². The maximum absolute atomic E-state index is 13.1. The van der Waals surface area contributed by atoms with Crippen LogP contribution in [0.25, 0.3) is 11.3 Å². The standard InChI is InChI=1S/C26H25F6N5O/c1-15-10-17(3)21(11-16(15)2)22-4-5-23(35-34-22)36-6-8-37(9-7-36)24(38)33-20-13-18(25(27,28)29)12-19(14-20)26(30,31)32/h4-5,10-14H,6-9H2,1-3H3,(H,33,38). The molecule has 2 heterocycles. The van der Waals surface area contributed by atoms with Crippen LogP contribution in [0.4, 0.5) is 42.6 Å². The number of amides is 2. The van der Waals surface area contributed by atoms with Crippen molar-refractivity contribution in [1.82, 2.24) is 15.1 Å². The molecule has 0 unspecified atom stereocenters. The van der Waals surface area contributed by atoms with Gasteiger partial charge in [-0.15, -0.1) is 10.2 Å². The molecule has 1 fully saturated rings. The Bertz CT molecular complexity index is 1300. The summed E-state index contributed by atoms with van der Waals surface area (Å²) in [7, 11) is 0. The lowest BCUT2D eigenvalue weighted by Gasteiger charge is -2.35. The quantitative estimate of drug-likeness (QED) is 0.390. The first kappa shape index (κ1) is 27.2. The van der Waals surface area contributed by atoms with Crippen molar-refractivity contribution in [2.24, 2.45) is 0 Å². The van der Waals surface area contributed by atoms with Gasteiger partial charge in [0.05, 0.1) is 16.8 Å². The minimum atomic E-state index is -5.00. The van der Waals surface area contributed by atoms with Crippen molar-refractivity contribution in [1.29, 1.82) is 0 Å². The molecule has 1 aromatic heterocycles. The number of nitrogens with zero attached hydrogens (tertiary/aromatic N) is 4. The van der Waals surface area contributed by atoms with Gasteiger partial charge < -0.3 is 15.1 Å². The molecule has 38 heavy (non-hydrogen) atoms. The molecular weight excluding hydrogens is 512 g/mol. The third-order valence-corrected chi connectivity index (χ3v) is 6.50. The predicted octanol–water partition coefficient (Wildman–Crippen LogP) is 6.46. The molecule has 1 saturated heterocycles. The van der Waals surface area contributed by atoms with Gasteiger partial charge in [0.1, 0.15) is 0 Å². The summed E-state index contributed by atoms with van der Waals surface area (Å²) in [6.07, 6.45) is -10.0. The number of halogens is 6. The molecule has 6 nitrogen and oxygen atoms in total. The van der Waals surface area contributed by atoms with Crippen LogP contribution >= 0.6 is 0 Å². The summed E-state index contributed by atoms with van der Waals surface area (Å²) >= 11 is 0. The Kier molecular flexibility index (Phi) is 7.26. The summed E-state index contributed by atoms with van der Waals surface area (Å²) in [6, 6.07) is 8.04. The Balaban J connectivity index is 1.41. The molecule has 3 aromatic rings. The molecule has 202 valence electrons. The van der Waals surface area contributed by atoms with Crippen LogP contribution in [-0.2, 0) is 12.4 Å². The number of nitrogens with one attached hydrogen (secondary N) is 1. The van der Waals surface area contributed by atoms with Crippen molar-refractivity contribution in [3.8, 4) is 11.3 Å². The molecule has 1 N–H and O–H groups in total. The summed E-state index contributed by atoms with van der Waals surface area (Å²) in [5.74, 6) is 0.600. The van der Waals surface area contributed by atoms with E-state index in [0.29, 0.717) is 31.0 Å². The first-order valence-corrected chi connectivity index (χ1v) is 11.7. The Labute approximate surface area is 215 Å². The molecule has 2 amide bonds. The lowest BCUT2D eigenvalue weighted by Crippen LogP contribution is -2.50. The maximum Gasteiger partial charge on any atom is 0.416 e. The zero-order valence-electron chi connectivity index (χ0n) is 20.8. The fourth-order valence-corrected chi connectivity index (χ4v) is 4.24. The van der Waals surface area contributed by atoms with Gasteiger partial charge in [0.15, 0.2) is 5.82 Å². The summed E-state index contributed by atoms with van der Waals surface area (Å²) in [4.78, 5) is 15.8. The van der Waals surface area contributed by atoms with Gasteiger partial charge in [0, 0.05) is 37.4 Å². The fourth-order valence-electron chi connectivity index (χ4n) is 4.24. The second-order valence-electron chi connectivity index (χ2n) is 9.23. The average molecular weight is 538 g/mol. The van der Waals surface area contributed by atoms with Gasteiger partial charge in [-0.25, -0.2) is 4.79 Å². The van der Waals surface area contributed by atoms with Crippen molar-refractivity contribution < 1.29 is 31.1 Å². The van der Waals surface area contributed by atoms with E-state index in [1.807, 2.05) is 37.8 Å². The first-order valence-electron chi connectivity index (χ1n) is 11.7. The molecule has 0 bridgehead atoms. The van der Waals surface area contributed by atoms with Gasteiger partial charge in [0.25, 0.3) is 0 Å². The molecule has 0 saturated carbocycles. The maximum atomic E-state index is 13.1. The smallest absolute Gasteiger partial charge is 0.352 e. The number of hydrogen-bond donors (Lipinski definition) is 1. The predicted molar refractivity (Wildman–Crippen MR) is 131 cm³/mol. The zero-order valence-corrected chi connectivity index (χ0v) is 20.8. The molecular formula is C26H25F6N5O. The number of benzene rings is 2. The molecule has 12 heteroatoms. The van der Waals surface area contributed by atoms with E-state index < -0.39 is 35.2 Å². The minimum Gasteiger partial charge on any atom is -0.352 e. The molecule has 0 radical (unpaired) electrons. The fraction of sp³-hybridized carbons (Fsp3) is 0.346. The highest BCUT2D eigenvalue weighted by molar-refractivity contribution is 5.89. The number of alkyl halides is 6. The van der Waals surface area contributed by atoms with Gasteiger partial charge in [-0.2, -0.15) is 26.3 Å². The third-order valence-electron chi connectivity index (χ3n) is 6.50. The van der Waals surface area contributed by atoms with Gasteiger partial charge in [0.2, 0.25) is 0 Å². The Morgan fingerprint density at radius 2 is 1.34 bits per heavy atom. The topological polar surface area (TPSA) is 61.4 Å². The lowest BCUT2D eigenvalue weighted by atomic mass is 9.99. The summed E-state index contributed by atoms with van der Waals surface area (Å²) < 4.78 is 78.6. The van der Waals surface area contributed by atoms with Crippen molar-refractivity contribution in [2.75, 3.05) is 36.4 Å². The molecule has 0 spiro atoms. The number of rotatable bonds is 3. The summed E-state index contributed by atoms with van der Waals surface area (Å²) in [5.41, 5.74) is 1.55. The molecule has 2 aromatic carbocycles. The van der Waals surface area contributed by atoms with Gasteiger partial charge >= 0.3 is 18.4 Å². The molecule has 4 rings (SSSR count). The van der Waals surface area contributed by atoms with E-state index in [1.165, 1.54) is 10.5 Å². The number of anilines is 2. The van der Waals surface area contributed by atoms with Crippen molar-refractivity contribution in [2.45, 2.75) is 33.1 Å². The molecule has 0 atom stereocenters. The first-order chi connectivity index (χ1) is 17.7. The van der Waals surface area contributed by atoms with E-state index in [4.69, 9.17) is 0 Å². The van der Waals surface area contributed by atoms with Crippen molar-refractivity contribution in [3.05, 3.63) is 70.3 Å². The van der Waals surface area contributed by atoms with Crippen LogP contribution in [0.2, 0.25) is 0 Å². The number of urea groups is 1. The second kappa shape index (κ2) is 10.1. The summed E-state index contributed by atoms with van der Waals surface area (Å²) in [5, 5.41) is 10.8. The van der Waals surface area contributed by atoms with Crippen molar-refractivity contribution >= 4 is 17.5 Å². The Morgan fingerprint density at radius 3 is 1.87 bits per heavy atom. The Hall–Kier alpha value is -3.83. The molecule has 0 aliphatic carbocycles. The van der Waals surface area contributed by atoms with E-state index in [9.17, 15) is 31.1 Å². The number of carbonyl (C=O) groups excluding carboxylic acids is 1. The SMILES string of the molecule is Cc1cc(C)c(-c2ccc(N3CCN(C(=O)Nc4cc(C(F)(F)F)cc(C(F)(F)F)c4)CC3)nn2)cc1C. The number of aryl methyl sites for hydroxylation is 3. The second-order valence-corrected chi connectivity index (χ2v) is 9.23. The van der Waals surface area contributed by atoms with Crippen LogP contribution in [0.5, 0.6) is 0 Å². The van der Waals surface area contributed by atoms with E-state index >= 15 is 0 Å². The summed E-state index contributed by atoms with van der Waals surface area (Å²) in [6.45, 7) is 7.18. The molecule has 1 aliphatic heterocycles. The van der Waals surface area contributed by atoms with Crippen LogP contribution in [0.1, 0.15) is 27.8 Å². The largest absolute Gasteiger partial charge is 0.416 e. The van der Waals surface area contributed by atoms with Crippen LogP contribution in [0.15, 0.2) is 42.5 Å². The highest BCUT2D eigenvalue weighted by atomic mass is 19.4. The highest BCUT2D eigenvalue weighted by Crippen LogP contribution is 2.37. The number of carbonyl (C=O) groups is 1. The van der Waals surface area contributed by atoms with Gasteiger partial charge in [-0.05, 0) is 73.9 Å². The Morgan fingerprint density at radius 1 is 0.763 bits per heavy atom. The monoisotopic (exact) mass is 537 g/mol. The number of piperazine rings is 1. The highest BCUT2D eigenvalue weighted by Gasteiger charge is 2.37. The van der Waals surface area contributed by atoms with Crippen LogP contribution in [-0.4, -0.2) is 47.3 Å². The van der Waals surface area contributed by atoms with Crippen LogP contribution < -0.4 is 10.2 Å². The van der Waals surface area contributed by atoms with E-state index in [2.05, 4.69) is 27.6 Å². The van der Waals surface area contributed by atoms with E-state index in [-0.39, 0.29) is 19.2 Å². The molecule has 1 aliphatic rings. The lowest BCUT2D eigenvalue weighted by molar-refractivity contribution is -0.143. The van der Waals surface area contributed by atoms with E-state index in [0.717, 1.165) is 22.4 Å². The minimum absolute atomic E-state index is 0.0159. The van der Waals surface area contributed by atoms with Crippen LogP contribution in [0.3, 0.4) is 0 Å². The van der Waals surface area contributed by atoms with Gasteiger partial charge in [-0.1, -0.05) is 6.07 Å². The van der Waals surface area contributed by atoms with Gasteiger partial charge in [-0.3, -0.25) is 0 Å². The average Bonchev–Trinajstić information content (AvgIpc) is 2.85. The van der Waals surface area contributed by atoms with E-state index in [1.54, 1.807) is 0 Å².